The molecule has 0 bridgehead atoms. The molecule has 112 valence electrons. The largest absolute Gasteiger partial charge is 0.305 e. The summed E-state index contributed by atoms with van der Waals surface area (Å²) in [6.07, 6.45) is 0. The molecule has 0 fully saturated rings. The first-order valence-corrected chi connectivity index (χ1v) is 7.55. The van der Waals surface area contributed by atoms with Crippen LogP contribution >= 0.6 is 11.3 Å². The number of thiophene rings is 1. The fourth-order valence-electron chi connectivity index (χ4n) is 2.07. The molecule has 0 aliphatic heterocycles. The topological polar surface area (TPSA) is 46.4 Å². The molecule has 2 rings (SSSR count). The lowest BCUT2D eigenvalue weighted by Crippen LogP contribution is -2.30. The Balaban J connectivity index is 2.21. The van der Waals surface area contributed by atoms with Gasteiger partial charge in [0.05, 0.1) is 4.92 Å². The molecule has 0 amide bonds. The molecule has 0 aliphatic rings. The highest BCUT2D eigenvalue weighted by molar-refractivity contribution is 7.09. The fourth-order valence-corrected chi connectivity index (χ4v) is 2.80. The predicted octanol–water partition coefficient (Wildman–Crippen LogP) is 4.21. The smallest absolute Gasteiger partial charge is 0.292 e. The maximum Gasteiger partial charge on any atom is 0.305 e. The van der Waals surface area contributed by atoms with Crippen molar-refractivity contribution in [2.45, 2.75) is 33.0 Å². The summed E-state index contributed by atoms with van der Waals surface area (Å²) in [4.78, 5) is 13.4. The van der Waals surface area contributed by atoms with Crippen LogP contribution in [0, 0.1) is 15.9 Å². The Morgan fingerprint density at radius 3 is 2.62 bits per heavy atom. The number of nitro groups is 1. The van der Waals surface area contributed by atoms with Gasteiger partial charge in [-0.3, -0.25) is 15.0 Å². The van der Waals surface area contributed by atoms with Crippen LogP contribution in [0.4, 0.5) is 10.1 Å². The third kappa shape index (κ3) is 3.86. The number of hydrogen-bond donors (Lipinski definition) is 0. The second-order valence-corrected chi connectivity index (χ2v) is 6.12. The lowest BCUT2D eigenvalue weighted by atomic mass is 10.1. The molecular weight excluding hydrogens is 291 g/mol. The van der Waals surface area contributed by atoms with Crippen LogP contribution in [0.2, 0.25) is 0 Å². The van der Waals surface area contributed by atoms with Gasteiger partial charge in [0, 0.05) is 35.6 Å². The summed E-state index contributed by atoms with van der Waals surface area (Å²) in [6.45, 7) is 5.12. The van der Waals surface area contributed by atoms with E-state index in [2.05, 4.69) is 4.90 Å². The molecule has 0 radical (unpaired) electrons. The normalized spacial score (nSPS) is 11.3. The van der Waals surface area contributed by atoms with Crippen molar-refractivity contribution in [1.82, 2.24) is 4.90 Å². The van der Waals surface area contributed by atoms with Crippen molar-refractivity contribution >= 4 is 17.0 Å². The van der Waals surface area contributed by atoms with Gasteiger partial charge in [-0.1, -0.05) is 18.2 Å². The Kier molecular flexibility index (Phi) is 5.03. The number of halogens is 1. The zero-order valence-corrected chi connectivity index (χ0v) is 12.8. The van der Waals surface area contributed by atoms with Crippen LogP contribution in [0.3, 0.4) is 0 Å². The van der Waals surface area contributed by atoms with Crippen LogP contribution in [-0.2, 0) is 13.1 Å². The average Bonchev–Trinajstić information content (AvgIpc) is 2.92. The molecule has 4 nitrogen and oxygen atoms in total. The van der Waals surface area contributed by atoms with E-state index in [1.807, 2.05) is 31.4 Å². The molecule has 21 heavy (non-hydrogen) atoms. The first kappa shape index (κ1) is 15.6. The monoisotopic (exact) mass is 308 g/mol. The summed E-state index contributed by atoms with van der Waals surface area (Å²) in [5.41, 5.74) is -0.109. The Bertz CT molecular complexity index is 614. The van der Waals surface area contributed by atoms with Crippen molar-refractivity contribution in [1.29, 1.82) is 0 Å². The van der Waals surface area contributed by atoms with Crippen LogP contribution in [0.25, 0.3) is 0 Å². The van der Waals surface area contributed by atoms with Gasteiger partial charge in [-0.25, -0.2) is 0 Å². The number of nitrogens with zero attached hydrogens (tertiary/aromatic N) is 2. The fraction of sp³-hybridized carbons (Fsp3) is 0.333. The third-order valence-corrected chi connectivity index (χ3v) is 4.16. The van der Waals surface area contributed by atoms with Gasteiger partial charge >= 0.3 is 5.69 Å². The molecule has 1 aromatic heterocycles. The van der Waals surface area contributed by atoms with E-state index in [0.29, 0.717) is 18.7 Å². The first-order chi connectivity index (χ1) is 9.99. The van der Waals surface area contributed by atoms with E-state index < -0.39 is 16.4 Å². The molecule has 2 aromatic rings. The van der Waals surface area contributed by atoms with Crippen molar-refractivity contribution in [3.8, 4) is 0 Å². The summed E-state index contributed by atoms with van der Waals surface area (Å²) < 4.78 is 14.2. The van der Waals surface area contributed by atoms with Crippen LogP contribution in [0.5, 0.6) is 0 Å². The Labute approximate surface area is 127 Å². The van der Waals surface area contributed by atoms with E-state index in [1.54, 1.807) is 17.4 Å². The van der Waals surface area contributed by atoms with Gasteiger partial charge in [0.1, 0.15) is 0 Å². The van der Waals surface area contributed by atoms with Crippen LogP contribution in [0.15, 0.2) is 35.7 Å². The van der Waals surface area contributed by atoms with Crippen molar-refractivity contribution in [3.05, 3.63) is 62.1 Å². The second-order valence-electron chi connectivity index (χ2n) is 5.09. The Morgan fingerprint density at radius 1 is 1.29 bits per heavy atom. The standard InChI is InChI=1S/C15H17FN2O2S/c1-11(2)17(10-13-6-4-8-21-13)9-12-5-3-7-14(15(12)16)18(19)20/h3-8,11H,9-10H2,1-2H3. The van der Waals surface area contributed by atoms with Crippen molar-refractivity contribution in [3.63, 3.8) is 0 Å². The van der Waals surface area contributed by atoms with Crippen molar-refractivity contribution in [2.24, 2.45) is 0 Å². The zero-order chi connectivity index (χ0) is 15.4. The molecule has 0 unspecified atom stereocenters. The van der Waals surface area contributed by atoms with E-state index in [-0.39, 0.29) is 6.04 Å². The van der Waals surface area contributed by atoms with Gasteiger partial charge in [0.2, 0.25) is 5.82 Å². The number of benzene rings is 1. The highest BCUT2D eigenvalue weighted by Crippen LogP contribution is 2.23. The number of rotatable bonds is 6. The highest BCUT2D eigenvalue weighted by atomic mass is 32.1. The minimum atomic E-state index is -0.737. The van der Waals surface area contributed by atoms with Gasteiger partial charge in [-0.05, 0) is 25.3 Å². The molecule has 0 saturated carbocycles. The summed E-state index contributed by atoms with van der Waals surface area (Å²) in [7, 11) is 0. The predicted molar refractivity (Wildman–Crippen MR) is 81.8 cm³/mol. The van der Waals surface area contributed by atoms with Crippen molar-refractivity contribution in [2.75, 3.05) is 0 Å². The lowest BCUT2D eigenvalue weighted by molar-refractivity contribution is -0.387. The highest BCUT2D eigenvalue weighted by Gasteiger charge is 2.20. The molecular formula is C15H17FN2O2S. The average molecular weight is 308 g/mol. The lowest BCUT2D eigenvalue weighted by Gasteiger charge is -2.26. The van der Waals surface area contributed by atoms with Gasteiger partial charge in [-0.15, -0.1) is 11.3 Å². The van der Waals surface area contributed by atoms with E-state index in [1.165, 1.54) is 17.0 Å². The SMILES string of the molecule is CC(C)N(Cc1cccs1)Cc1cccc([N+](=O)[O-])c1F. The maximum atomic E-state index is 14.2. The van der Waals surface area contributed by atoms with Crippen LogP contribution < -0.4 is 0 Å². The van der Waals surface area contributed by atoms with E-state index >= 15 is 0 Å². The molecule has 6 heteroatoms. The summed E-state index contributed by atoms with van der Waals surface area (Å²) in [5.74, 6) is -0.737. The zero-order valence-electron chi connectivity index (χ0n) is 12.0. The quantitative estimate of drug-likeness (QED) is 0.593. The summed E-state index contributed by atoms with van der Waals surface area (Å²) in [6, 6.07) is 8.55. The van der Waals surface area contributed by atoms with E-state index in [4.69, 9.17) is 0 Å². The number of hydrogen-bond acceptors (Lipinski definition) is 4. The molecule has 1 aromatic carbocycles. The first-order valence-electron chi connectivity index (χ1n) is 6.67. The van der Waals surface area contributed by atoms with Crippen LogP contribution in [0.1, 0.15) is 24.3 Å². The second kappa shape index (κ2) is 6.78. The van der Waals surface area contributed by atoms with Crippen LogP contribution in [-0.4, -0.2) is 15.9 Å². The van der Waals surface area contributed by atoms with Crippen molar-refractivity contribution < 1.29 is 9.31 Å². The molecule has 0 aliphatic carbocycles. The Morgan fingerprint density at radius 2 is 2.05 bits per heavy atom. The van der Waals surface area contributed by atoms with Gasteiger partial charge < -0.3 is 0 Å². The molecule has 0 saturated heterocycles. The number of nitro benzene ring substituents is 1. The molecule has 0 N–H and O–H groups in total. The summed E-state index contributed by atoms with van der Waals surface area (Å²) in [5, 5.41) is 12.8. The minimum absolute atomic E-state index is 0.214. The molecule has 0 atom stereocenters. The minimum Gasteiger partial charge on any atom is -0.292 e. The van der Waals surface area contributed by atoms with Gasteiger partial charge in [0.25, 0.3) is 0 Å². The molecule has 1 heterocycles. The Hall–Kier alpha value is -1.79. The van der Waals surface area contributed by atoms with E-state index in [0.717, 1.165) is 0 Å². The van der Waals surface area contributed by atoms with Gasteiger partial charge in [0.15, 0.2) is 0 Å². The van der Waals surface area contributed by atoms with E-state index in [9.17, 15) is 14.5 Å². The van der Waals surface area contributed by atoms with Gasteiger partial charge in [-0.2, -0.15) is 4.39 Å². The summed E-state index contributed by atoms with van der Waals surface area (Å²) >= 11 is 1.65. The molecule has 0 spiro atoms. The maximum absolute atomic E-state index is 14.2. The third-order valence-electron chi connectivity index (χ3n) is 3.30.